The fourth-order valence-corrected chi connectivity index (χ4v) is 3.94. The molecule has 28 heavy (non-hydrogen) atoms. The highest BCUT2D eigenvalue weighted by molar-refractivity contribution is 5.91. The number of carbonyl (C=O) groups excluding carboxylic acids is 1. The molecule has 4 rings (SSSR count). The minimum Gasteiger partial charge on any atom is -0.389 e. The molecule has 2 atom stereocenters. The second-order valence-electron chi connectivity index (χ2n) is 8.44. The number of aliphatic hydroxyl groups excluding tert-OH is 1. The average molecular weight is 380 g/mol. The van der Waals surface area contributed by atoms with E-state index in [0.717, 1.165) is 29.9 Å². The zero-order valence-corrected chi connectivity index (χ0v) is 16.7. The zero-order chi connectivity index (χ0) is 19.9. The molecule has 6 nitrogen and oxygen atoms in total. The monoisotopic (exact) mass is 380 g/mol. The summed E-state index contributed by atoms with van der Waals surface area (Å²) in [7, 11) is 0. The van der Waals surface area contributed by atoms with Gasteiger partial charge in [-0.25, -0.2) is 0 Å². The van der Waals surface area contributed by atoms with E-state index < -0.39 is 11.5 Å². The first-order valence-corrected chi connectivity index (χ1v) is 10.0. The van der Waals surface area contributed by atoms with Gasteiger partial charge in [-0.15, -0.1) is 5.10 Å². The van der Waals surface area contributed by atoms with Gasteiger partial charge in [0.1, 0.15) is 0 Å². The number of benzene rings is 1. The first kappa shape index (κ1) is 18.9. The molecule has 0 spiro atoms. The third kappa shape index (κ3) is 3.49. The van der Waals surface area contributed by atoms with E-state index in [1.54, 1.807) is 0 Å². The van der Waals surface area contributed by atoms with Crippen molar-refractivity contribution in [3.8, 4) is 0 Å². The van der Waals surface area contributed by atoms with E-state index in [4.69, 9.17) is 0 Å². The van der Waals surface area contributed by atoms with Gasteiger partial charge in [-0.2, -0.15) is 5.10 Å². The molecule has 2 heterocycles. The molecule has 2 N–H and O–H groups in total. The predicted octanol–water partition coefficient (Wildman–Crippen LogP) is 2.31. The van der Waals surface area contributed by atoms with Gasteiger partial charge >= 0.3 is 0 Å². The van der Waals surface area contributed by atoms with Crippen molar-refractivity contribution in [3.63, 3.8) is 0 Å². The smallest absolute Gasteiger partial charge is 0.231 e. The van der Waals surface area contributed by atoms with Crippen LogP contribution in [-0.4, -0.2) is 46.4 Å². The number of hydrogen-bond donors (Lipinski definition) is 2. The van der Waals surface area contributed by atoms with E-state index >= 15 is 0 Å². The lowest BCUT2D eigenvalue weighted by molar-refractivity contribution is -0.124. The first-order valence-electron chi connectivity index (χ1n) is 10.0. The summed E-state index contributed by atoms with van der Waals surface area (Å²) in [4.78, 5) is 15.0. The number of aryl methyl sites for hydroxylation is 1. The lowest BCUT2D eigenvalue weighted by Gasteiger charge is -2.22. The summed E-state index contributed by atoms with van der Waals surface area (Å²) in [6.07, 6.45) is 1.09. The molecule has 1 saturated heterocycles. The van der Waals surface area contributed by atoms with E-state index in [2.05, 4.69) is 53.6 Å². The maximum Gasteiger partial charge on any atom is 0.231 e. The van der Waals surface area contributed by atoms with Gasteiger partial charge in [0.2, 0.25) is 5.91 Å². The Balaban J connectivity index is 1.43. The maximum absolute atomic E-state index is 13.1. The molecule has 1 aromatic carbocycles. The molecule has 1 aliphatic carbocycles. The highest BCUT2D eigenvalue weighted by atomic mass is 16.3. The highest BCUT2D eigenvalue weighted by Crippen LogP contribution is 2.48. The summed E-state index contributed by atoms with van der Waals surface area (Å²) >= 11 is 0. The Morgan fingerprint density at radius 2 is 1.86 bits per heavy atom. The van der Waals surface area contributed by atoms with Gasteiger partial charge in [0.25, 0.3) is 0 Å². The van der Waals surface area contributed by atoms with Crippen LogP contribution in [-0.2, 0) is 10.2 Å². The number of carbonyl (C=O) groups is 1. The summed E-state index contributed by atoms with van der Waals surface area (Å²) in [5.74, 6) is 1.22. The van der Waals surface area contributed by atoms with Crippen LogP contribution in [0.1, 0.15) is 49.4 Å². The van der Waals surface area contributed by atoms with Gasteiger partial charge < -0.3 is 15.3 Å². The molecule has 2 fully saturated rings. The summed E-state index contributed by atoms with van der Waals surface area (Å²) < 4.78 is 0. The Morgan fingerprint density at radius 3 is 2.43 bits per heavy atom. The Morgan fingerprint density at radius 1 is 1.14 bits per heavy atom. The summed E-state index contributed by atoms with van der Waals surface area (Å²) in [5.41, 5.74) is 2.77. The molecule has 2 aromatic rings. The highest BCUT2D eigenvalue weighted by Gasteiger charge is 2.52. The van der Waals surface area contributed by atoms with Crippen molar-refractivity contribution in [2.45, 2.75) is 57.1 Å². The molecule has 1 aliphatic heterocycles. The van der Waals surface area contributed by atoms with Gasteiger partial charge in [-0.05, 0) is 48.9 Å². The van der Waals surface area contributed by atoms with Crippen LogP contribution < -0.4 is 10.2 Å². The predicted molar refractivity (Wildman–Crippen MR) is 108 cm³/mol. The third-order valence-corrected chi connectivity index (χ3v) is 6.03. The van der Waals surface area contributed by atoms with Crippen molar-refractivity contribution in [2.75, 3.05) is 18.0 Å². The third-order valence-electron chi connectivity index (χ3n) is 6.03. The Hall–Kier alpha value is -2.47. The number of amides is 1. The Labute approximate surface area is 166 Å². The van der Waals surface area contributed by atoms with Gasteiger partial charge in [0.05, 0.1) is 23.3 Å². The second-order valence-corrected chi connectivity index (χ2v) is 8.44. The molecule has 6 heteroatoms. The number of nitrogens with zero attached hydrogens (tertiary/aromatic N) is 3. The normalized spacial score (nSPS) is 23.1. The van der Waals surface area contributed by atoms with E-state index in [0.29, 0.717) is 19.0 Å². The lowest BCUT2D eigenvalue weighted by atomic mass is 9.92. The van der Waals surface area contributed by atoms with Crippen molar-refractivity contribution in [2.24, 2.45) is 0 Å². The standard InChI is InChI=1S/C22H28N4O2/c1-14(2)16-5-7-17(8-6-16)22(10-11-22)21(28)23-18-12-26(13-19(18)27)20-9-4-15(3)24-25-20/h4-9,14,18-19,27H,10-13H2,1-3H3,(H,23,28)/t18-,19-/m0/s1. The zero-order valence-electron chi connectivity index (χ0n) is 16.7. The number of aliphatic hydroxyl groups is 1. The summed E-state index contributed by atoms with van der Waals surface area (Å²) in [5, 5.41) is 21.8. The van der Waals surface area contributed by atoms with Gasteiger partial charge in [0, 0.05) is 13.1 Å². The van der Waals surface area contributed by atoms with Gasteiger partial charge in [-0.3, -0.25) is 4.79 Å². The van der Waals surface area contributed by atoms with Crippen molar-refractivity contribution in [3.05, 3.63) is 53.2 Å². The van der Waals surface area contributed by atoms with E-state index in [-0.39, 0.29) is 11.9 Å². The topological polar surface area (TPSA) is 78.4 Å². The van der Waals surface area contributed by atoms with Crippen LogP contribution in [0.25, 0.3) is 0 Å². The van der Waals surface area contributed by atoms with Crippen LogP contribution in [0.2, 0.25) is 0 Å². The first-order chi connectivity index (χ1) is 13.4. The molecule has 1 amide bonds. The van der Waals surface area contributed by atoms with Crippen molar-refractivity contribution in [1.82, 2.24) is 15.5 Å². The van der Waals surface area contributed by atoms with E-state index in [9.17, 15) is 9.90 Å². The van der Waals surface area contributed by atoms with E-state index in [1.807, 2.05) is 24.0 Å². The number of anilines is 1. The number of rotatable bonds is 5. The average Bonchev–Trinajstić information content (AvgIpc) is 3.42. The van der Waals surface area contributed by atoms with Crippen LogP contribution in [0.15, 0.2) is 36.4 Å². The second kappa shape index (κ2) is 7.17. The molecule has 0 bridgehead atoms. The van der Waals surface area contributed by atoms with Crippen molar-refractivity contribution in [1.29, 1.82) is 0 Å². The Kier molecular flexibility index (Phi) is 4.83. The van der Waals surface area contributed by atoms with Crippen LogP contribution in [0, 0.1) is 6.92 Å². The maximum atomic E-state index is 13.1. The minimum absolute atomic E-state index is 0.0192. The molecular formula is C22H28N4O2. The van der Waals surface area contributed by atoms with Crippen LogP contribution in [0.5, 0.6) is 0 Å². The van der Waals surface area contributed by atoms with Crippen LogP contribution >= 0.6 is 0 Å². The minimum atomic E-state index is -0.619. The van der Waals surface area contributed by atoms with Gasteiger partial charge in [0.15, 0.2) is 5.82 Å². The quantitative estimate of drug-likeness (QED) is 0.832. The molecule has 1 aromatic heterocycles. The molecule has 1 saturated carbocycles. The molecule has 2 aliphatic rings. The molecule has 148 valence electrons. The molecule has 0 unspecified atom stereocenters. The van der Waals surface area contributed by atoms with Gasteiger partial charge in [-0.1, -0.05) is 38.1 Å². The SMILES string of the molecule is Cc1ccc(N2C[C@H](NC(=O)C3(c4ccc(C(C)C)cc4)CC3)[C@@H](O)C2)nn1. The molecule has 0 radical (unpaired) electrons. The number of aromatic nitrogens is 2. The fourth-order valence-electron chi connectivity index (χ4n) is 3.94. The number of hydrogen-bond acceptors (Lipinski definition) is 5. The lowest BCUT2D eigenvalue weighted by Crippen LogP contribution is -2.47. The fraction of sp³-hybridized carbons (Fsp3) is 0.500. The van der Waals surface area contributed by atoms with Crippen molar-refractivity contribution >= 4 is 11.7 Å². The van der Waals surface area contributed by atoms with Crippen molar-refractivity contribution < 1.29 is 9.90 Å². The van der Waals surface area contributed by atoms with E-state index in [1.165, 1.54) is 5.56 Å². The van der Waals surface area contributed by atoms with Crippen LogP contribution in [0.4, 0.5) is 5.82 Å². The summed E-state index contributed by atoms with van der Waals surface area (Å²) in [6.45, 7) is 7.20. The summed E-state index contributed by atoms with van der Waals surface area (Å²) in [6, 6.07) is 11.9. The Bertz CT molecular complexity index is 844. The number of β-amino-alcohol motifs (C(OH)–C–C–N with tert-alkyl or cyclic N) is 1. The van der Waals surface area contributed by atoms with Crippen LogP contribution in [0.3, 0.4) is 0 Å². The largest absolute Gasteiger partial charge is 0.389 e. The molecular weight excluding hydrogens is 352 g/mol. The number of nitrogens with one attached hydrogen (secondary N) is 1.